The highest BCUT2D eigenvalue weighted by Gasteiger charge is 2.74. The normalized spacial score (nSPS) is 30.1. The molecule has 3 aliphatic rings. The van der Waals surface area contributed by atoms with Crippen LogP contribution in [0.3, 0.4) is 0 Å². The number of benzene rings is 1. The summed E-state index contributed by atoms with van der Waals surface area (Å²) in [5, 5.41) is 4.42. The van der Waals surface area contributed by atoms with Crippen molar-refractivity contribution in [1.29, 1.82) is 0 Å². The number of quaternary nitrogens is 1. The van der Waals surface area contributed by atoms with Crippen molar-refractivity contribution < 1.29 is 28.9 Å². The minimum absolute atomic E-state index is 0.0362. The molecule has 1 aromatic carbocycles. The molecular formula is C20H24FN4O4+. The van der Waals surface area contributed by atoms with E-state index in [1.807, 2.05) is 6.92 Å². The molecule has 0 aromatic heterocycles. The fourth-order valence-corrected chi connectivity index (χ4v) is 5.10. The minimum Gasteiger partial charge on any atom is -0.370 e. The number of fused-ring (bicyclic) bond motifs is 4. The molecule has 0 bridgehead atoms. The minimum atomic E-state index is -1.42. The molecular weight excluding hydrogens is 379 g/mol. The maximum Gasteiger partial charge on any atom is 0.291 e. The Morgan fingerprint density at radius 3 is 2.76 bits per heavy atom. The highest BCUT2D eigenvalue weighted by molar-refractivity contribution is 6.13. The number of nitrogens with one attached hydrogen (secondary N) is 1. The Morgan fingerprint density at radius 1 is 1.31 bits per heavy atom. The maximum atomic E-state index is 14.1. The Kier molecular flexibility index (Phi) is 4.65. The molecule has 3 aliphatic heterocycles. The first-order valence-electron chi connectivity index (χ1n) is 9.92. The molecule has 8 nitrogen and oxygen atoms in total. The summed E-state index contributed by atoms with van der Waals surface area (Å²) in [7, 11) is 0. The van der Waals surface area contributed by atoms with Crippen molar-refractivity contribution >= 4 is 29.3 Å². The van der Waals surface area contributed by atoms with Crippen LogP contribution in [0, 0.1) is 17.7 Å². The third-order valence-corrected chi connectivity index (χ3v) is 6.38. The van der Waals surface area contributed by atoms with E-state index in [0.29, 0.717) is 17.7 Å². The third-order valence-electron chi connectivity index (χ3n) is 6.38. The Balaban J connectivity index is 1.81. The number of amides is 4. The number of likely N-dealkylation sites (tertiary alicyclic amines) is 1. The third kappa shape index (κ3) is 2.75. The Labute approximate surface area is 167 Å². The van der Waals surface area contributed by atoms with Gasteiger partial charge in [0.2, 0.25) is 23.3 Å². The molecule has 4 rings (SSSR count). The fraction of sp³-hybridized carbons (Fsp3) is 0.500. The van der Waals surface area contributed by atoms with E-state index in [1.165, 1.54) is 23.1 Å². The second kappa shape index (κ2) is 6.91. The average Bonchev–Trinajstić information content (AvgIpc) is 3.24. The van der Waals surface area contributed by atoms with E-state index in [1.54, 1.807) is 5.32 Å². The van der Waals surface area contributed by atoms with Crippen LogP contribution in [0.15, 0.2) is 18.2 Å². The van der Waals surface area contributed by atoms with Crippen molar-refractivity contribution in [3.63, 3.8) is 0 Å². The molecule has 3 heterocycles. The lowest BCUT2D eigenvalue weighted by Crippen LogP contribution is -2.99. The zero-order valence-electron chi connectivity index (χ0n) is 16.1. The quantitative estimate of drug-likeness (QED) is 0.558. The van der Waals surface area contributed by atoms with Crippen molar-refractivity contribution in [2.45, 2.75) is 44.2 Å². The van der Waals surface area contributed by atoms with Crippen LogP contribution in [-0.2, 0) is 24.7 Å². The van der Waals surface area contributed by atoms with Crippen LogP contribution in [0.25, 0.3) is 0 Å². The van der Waals surface area contributed by atoms with E-state index in [2.05, 4.69) is 5.32 Å². The Bertz CT molecular complexity index is 920. The van der Waals surface area contributed by atoms with Crippen LogP contribution in [0.2, 0.25) is 0 Å². The number of nitrogens with two attached hydrogens (primary N) is 2. The molecule has 9 heteroatoms. The zero-order valence-corrected chi connectivity index (χ0v) is 16.1. The molecule has 1 aromatic rings. The Morgan fingerprint density at radius 2 is 2.07 bits per heavy atom. The smallest absolute Gasteiger partial charge is 0.291 e. The largest absolute Gasteiger partial charge is 0.370 e. The highest BCUT2D eigenvalue weighted by Crippen LogP contribution is 2.49. The summed E-state index contributed by atoms with van der Waals surface area (Å²) < 4.78 is 14.1. The van der Waals surface area contributed by atoms with Gasteiger partial charge in [0.05, 0.1) is 5.69 Å². The van der Waals surface area contributed by atoms with Gasteiger partial charge in [-0.3, -0.25) is 24.1 Å². The molecule has 29 heavy (non-hydrogen) atoms. The molecule has 154 valence electrons. The van der Waals surface area contributed by atoms with Crippen LogP contribution in [-0.4, -0.2) is 41.1 Å². The first-order chi connectivity index (χ1) is 13.8. The van der Waals surface area contributed by atoms with Gasteiger partial charge in [0.25, 0.3) is 5.91 Å². The van der Waals surface area contributed by atoms with Crippen molar-refractivity contribution in [3.05, 3.63) is 29.6 Å². The summed E-state index contributed by atoms with van der Waals surface area (Å²) in [4.78, 5) is 52.2. The van der Waals surface area contributed by atoms with E-state index in [0.717, 1.165) is 6.42 Å². The standard InChI is InChI=1S/C20H23FN4O4/c1-2-3-8-25-17(27)15-13(6-7-14(22)26)24-20(16(15)18(25)28)11-9-10(21)4-5-12(11)23-19(20)29/h4-5,9,13,15-16,24H,2-3,6-8H2,1H3,(H2,22,26)(H,23,29)/p+1/t13-,15+,16-,20+/m0/s1. The van der Waals surface area contributed by atoms with Crippen molar-refractivity contribution in [3.8, 4) is 0 Å². The summed E-state index contributed by atoms with van der Waals surface area (Å²) >= 11 is 0. The lowest BCUT2D eigenvalue weighted by atomic mass is 9.76. The van der Waals surface area contributed by atoms with Crippen molar-refractivity contribution in [2.75, 3.05) is 11.9 Å². The first kappa shape index (κ1) is 19.5. The van der Waals surface area contributed by atoms with Gasteiger partial charge in [0.1, 0.15) is 23.7 Å². The van der Waals surface area contributed by atoms with Crippen molar-refractivity contribution in [1.82, 2.24) is 4.90 Å². The molecule has 4 amide bonds. The second-order valence-electron chi connectivity index (χ2n) is 8.03. The number of unbranched alkanes of at least 4 members (excludes halogenated alkanes) is 1. The molecule has 2 saturated heterocycles. The van der Waals surface area contributed by atoms with Crippen LogP contribution in [0.1, 0.15) is 38.2 Å². The molecule has 0 aliphatic carbocycles. The number of nitrogens with zero attached hydrogens (tertiary/aromatic N) is 1. The van der Waals surface area contributed by atoms with Crippen LogP contribution in [0.5, 0.6) is 0 Å². The Hall–Kier alpha value is -2.81. The first-order valence-corrected chi connectivity index (χ1v) is 9.92. The van der Waals surface area contributed by atoms with Gasteiger partial charge in [-0.25, -0.2) is 4.39 Å². The molecule has 2 fully saturated rings. The molecule has 1 spiro atoms. The van der Waals surface area contributed by atoms with Crippen molar-refractivity contribution in [2.24, 2.45) is 17.6 Å². The predicted molar refractivity (Wildman–Crippen MR) is 99.5 cm³/mol. The van der Waals surface area contributed by atoms with Gasteiger partial charge in [-0.15, -0.1) is 0 Å². The second-order valence-corrected chi connectivity index (χ2v) is 8.03. The number of anilines is 1. The van der Waals surface area contributed by atoms with E-state index in [9.17, 15) is 23.6 Å². The van der Waals surface area contributed by atoms with Crippen LogP contribution >= 0.6 is 0 Å². The maximum absolute atomic E-state index is 14.1. The van der Waals surface area contributed by atoms with Gasteiger partial charge in [0.15, 0.2) is 0 Å². The number of imide groups is 1. The van der Waals surface area contributed by atoms with E-state index in [-0.39, 0.29) is 25.3 Å². The lowest BCUT2D eigenvalue weighted by molar-refractivity contribution is -0.734. The number of hydrogen-bond acceptors (Lipinski definition) is 4. The summed E-state index contributed by atoms with van der Waals surface area (Å²) in [5.74, 6) is -3.89. The number of carbonyl (C=O) groups excluding carboxylic acids is 4. The average molecular weight is 403 g/mol. The molecule has 0 radical (unpaired) electrons. The monoisotopic (exact) mass is 403 g/mol. The summed E-state index contributed by atoms with van der Waals surface area (Å²) in [5.41, 5.74) is 4.68. The number of carbonyl (C=O) groups is 4. The van der Waals surface area contributed by atoms with Crippen LogP contribution < -0.4 is 16.4 Å². The van der Waals surface area contributed by atoms with Gasteiger partial charge in [0, 0.05) is 24.9 Å². The SMILES string of the molecule is CCCCN1C(=O)[C@@H]2[C@H](CCC(N)=O)[NH2+][C@@]3(C(=O)Nc4ccc(F)cc43)[C@@H]2C1=O. The van der Waals surface area contributed by atoms with E-state index < -0.39 is 47.0 Å². The van der Waals surface area contributed by atoms with E-state index >= 15 is 0 Å². The fourth-order valence-electron chi connectivity index (χ4n) is 5.10. The predicted octanol–water partition coefficient (Wildman–Crippen LogP) is -0.414. The van der Waals surface area contributed by atoms with Gasteiger partial charge < -0.3 is 16.4 Å². The summed E-state index contributed by atoms with van der Waals surface area (Å²) in [6.45, 7) is 2.25. The number of hydrogen-bond donors (Lipinski definition) is 3. The zero-order chi connectivity index (χ0) is 20.9. The lowest BCUT2D eigenvalue weighted by Gasteiger charge is -2.26. The van der Waals surface area contributed by atoms with Gasteiger partial charge in [-0.2, -0.15) is 0 Å². The van der Waals surface area contributed by atoms with Gasteiger partial charge >= 0.3 is 0 Å². The topological polar surface area (TPSA) is 126 Å². The van der Waals surface area contributed by atoms with Crippen LogP contribution in [0.4, 0.5) is 10.1 Å². The molecule has 0 saturated carbocycles. The van der Waals surface area contributed by atoms with Gasteiger partial charge in [-0.05, 0) is 24.6 Å². The number of halogens is 1. The molecule has 4 atom stereocenters. The molecule has 5 N–H and O–H groups in total. The van der Waals surface area contributed by atoms with E-state index in [4.69, 9.17) is 5.73 Å². The molecule has 0 unspecified atom stereocenters. The summed E-state index contributed by atoms with van der Waals surface area (Å²) in [6, 6.07) is 3.48. The number of primary amides is 1. The highest BCUT2D eigenvalue weighted by atomic mass is 19.1. The van der Waals surface area contributed by atoms with Gasteiger partial charge in [-0.1, -0.05) is 13.3 Å². The summed E-state index contributed by atoms with van der Waals surface area (Å²) in [6.07, 6.45) is 1.77. The number of rotatable bonds is 6.